The van der Waals surface area contributed by atoms with E-state index in [9.17, 15) is 9.90 Å². The molecule has 0 spiro atoms. The van der Waals surface area contributed by atoms with Gasteiger partial charge in [-0.1, -0.05) is 0 Å². The summed E-state index contributed by atoms with van der Waals surface area (Å²) < 4.78 is 7.53. The molecule has 128 valence electrons. The van der Waals surface area contributed by atoms with Crippen LogP contribution in [0.3, 0.4) is 0 Å². The van der Waals surface area contributed by atoms with Crippen molar-refractivity contribution in [3.8, 4) is 0 Å². The Labute approximate surface area is 136 Å². The number of likely N-dealkylation sites (tertiary alicyclic amines) is 1. The zero-order valence-corrected chi connectivity index (χ0v) is 13.5. The van der Waals surface area contributed by atoms with Crippen LogP contribution in [-0.4, -0.2) is 58.5 Å². The smallest absolute Gasteiger partial charge is 0.314 e. The zero-order chi connectivity index (χ0) is 16.2. The van der Waals surface area contributed by atoms with Gasteiger partial charge in [-0.2, -0.15) is 0 Å². The Kier molecular flexibility index (Phi) is 5.17. The number of ether oxygens (including phenoxy) is 1. The lowest BCUT2D eigenvalue weighted by Crippen LogP contribution is -2.41. The maximum absolute atomic E-state index is 11.3. The molecule has 0 aromatic carbocycles. The Morgan fingerprint density at radius 2 is 1.96 bits per heavy atom. The van der Waals surface area contributed by atoms with Crippen LogP contribution in [0.25, 0.3) is 0 Å². The monoisotopic (exact) mass is 322 g/mol. The molecule has 7 heteroatoms. The van der Waals surface area contributed by atoms with E-state index >= 15 is 0 Å². The minimum atomic E-state index is -0.343. The maximum atomic E-state index is 11.3. The topological polar surface area (TPSA) is 93.6 Å². The molecular formula is C16H26N4O3. The predicted molar refractivity (Wildman–Crippen MR) is 85.2 cm³/mol. The van der Waals surface area contributed by atoms with E-state index in [0.717, 1.165) is 50.4 Å². The number of primary amides is 1. The lowest BCUT2D eigenvalue weighted by molar-refractivity contribution is 0.0845. The Balaban J connectivity index is 1.74. The molecule has 0 radical (unpaired) electrons. The molecular weight excluding hydrogens is 296 g/mol. The van der Waals surface area contributed by atoms with Crippen LogP contribution in [0.4, 0.5) is 4.79 Å². The summed E-state index contributed by atoms with van der Waals surface area (Å²) in [6, 6.07) is -0.343. The molecule has 23 heavy (non-hydrogen) atoms. The van der Waals surface area contributed by atoms with Crippen molar-refractivity contribution < 1.29 is 14.6 Å². The van der Waals surface area contributed by atoms with Crippen LogP contribution >= 0.6 is 0 Å². The number of aliphatic hydroxyl groups excluding tert-OH is 1. The molecule has 3 heterocycles. The SMILES string of the molecule is NC(=O)N1CCC(c2nc(C3CCOCC3)cn2CCO)CC1. The molecule has 3 N–H and O–H groups in total. The maximum Gasteiger partial charge on any atom is 0.314 e. The molecule has 0 aliphatic carbocycles. The molecule has 2 fully saturated rings. The summed E-state index contributed by atoms with van der Waals surface area (Å²) in [7, 11) is 0. The van der Waals surface area contributed by atoms with Gasteiger partial charge < -0.3 is 25.0 Å². The predicted octanol–water partition coefficient (Wildman–Crippen LogP) is 1.03. The lowest BCUT2D eigenvalue weighted by atomic mass is 9.95. The molecule has 2 aliphatic rings. The second-order valence-electron chi connectivity index (χ2n) is 6.43. The minimum Gasteiger partial charge on any atom is -0.395 e. The quantitative estimate of drug-likeness (QED) is 0.865. The van der Waals surface area contributed by atoms with Crippen molar-refractivity contribution in [3.05, 3.63) is 17.7 Å². The van der Waals surface area contributed by atoms with Gasteiger partial charge in [0, 0.05) is 50.9 Å². The van der Waals surface area contributed by atoms with Crippen molar-refractivity contribution in [2.24, 2.45) is 5.73 Å². The number of hydrogen-bond acceptors (Lipinski definition) is 4. The van der Waals surface area contributed by atoms with E-state index in [2.05, 4.69) is 10.8 Å². The standard InChI is InChI=1S/C16H26N4O3/c17-16(22)19-5-1-13(2-6-19)15-18-14(11-20(15)7-8-21)12-3-9-23-10-4-12/h11-13,21H,1-10H2,(H2,17,22). The lowest BCUT2D eigenvalue weighted by Gasteiger charge is -2.30. The first-order chi connectivity index (χ1) is 11.2. The van der Waals surface area contributed by atoms with Crippen LogP contribution in [-0.2, 0) is 11.3 Å². The highest BCUT2D eigenvalue weighted by atomic mass is 16.5. The van der Waals surface area contributed by atoms with E-state index < -0.39 is 0 Å². The van der Waals surface area contributed by atoms with E-state index in [1.54, 1.807) is 4.90 Å². The largest absolute Gasteiger partial charge is 0.395 e. The molecule has 0 saturated carbocycles. The van der Waals surface area contributed by atoms with Crippen LogP contribution in [0.1, 0.15) is 49.0 Å². The van der Waals surface area contributed by atoms with E-state index in [1.807, 2.05) is 0 Å². The first-order valence-electron chi connectivity index (χ1n) is 8.49. The third kappa shape index (κ3) is 3.67. The highest BCUT2D eigenvalue weighted by molar-refractivity contribution is 5.72. The second-order valence-corrected chi connectivity index (χ2v) is 6.43. The Hall–Kier alpha value is -1.60. The number of nitrogens with zero attached hydrogens (tertiary/aromatic N) is 3. The van der Waals surface area contributed by atoms with Crippen LogP contribution in [0.2, 0.25) is 0 Å². The highest BCUT2D eigenvalue weighted by Gasteiger charge is 2.28. The summed E-state index contributed by atoms with van der Waals surface area (Å²) in [5.41, 5.74) is 6.47. The van der Waals surface area contributed by atoms with Crippen LogP contribution in [0, 0.1) is 0 Å². The Bertz CT molecular complexity index is 531. The number of hydrogen-bond donors (Lipinski definition) is 2. The van der Waals surface area contributed by atoms with Crippen molar-refractivity contribution in [2.45, 2.75) is 44.1 Å². The van der Waals surface area contributed by atoms with Gasteiger partial charge in [0.2, 0.25) is 0 Å². The third-order valence-corrected chi connectivity index (χ3v) is 4.98. The fourth-order valence-electron chi connectivity index (χ4n) is 3.61. The van der Waals surface area contributed by atoms with Gasteiger partial charge in [0.1, 0.15) is 5.82 Å². The normalized spacial score (nSPS) is 20.8. The molecule has 2 saturated heterocycles. The number of carbonyl (C=O) groups excluding carboxylic acids is 1. The first-order valence-corrected chi connectivity index (χ1v) is 8.49. The zero-order valence-electron chi connectivity index (χ0n) is 13.5. The number of amides is 2. The number of aliphatic hydroxyl groups is 1. The summed E-state index contributed by atoms with van der Waals surface area (Å²) in [6.45, 7) is 3.63. The molecule has 0 unspecified atom stereocenters. The van der Waals surface area contributed by atoms with E-state index in [1.165, 1.54) is 0 Å². The van der Waals surface area contributed by atoms with Crippen LogP contribution < -0.4 is 5.73 Å². The van der Waals surface area contributed by atoms with Gasteiger partial charge in [-0.25, -0.2) is 9.78 Å². The van der Waals surface area contributed by atoms with Gasteiger partial charge >= 0.3 is 6.03 Å². The van der Waals surface area contributed by atoms with Crippen LogP contribution in [0.15, 0.2) is 6.20 Å². The molecule has 0 atom stereocenters. The molecule has 1 aromatic heterocycles. The second kappa shape index (κ2) is 7.31. The average Bonchev–Trinajstić information content (AvgIpc) is 3.00. The fraction of sp³-hybridized carbons (Fsp3) is 0.750. The van der Waals surface area contributed by atoms with Gasteiger partial charge in [0.05, 0.1) is 12.3 Å². The van der Waals surface area contributed by atoms with Crippen molar-refractivity contribution in [1.82, 2.24) is 14.5 Å². The number of nitrogens with two attached hydrogens (primary N) is 1. The van der Waals surface area contributed by atoms with E-state index in [0.29, 0.717) is 31.5 Å². The van der Waals surface area contributed by atoms with Crippen molar-refractivity contribution in [1.29, 1.82) is 0 Å². The summed E-state index contributed by atoms with van der Waals surface area (Å²) >= 11 is 0. The number of carbonyl (C=O) groups is 1. The summed E-state index contributed by atoms with van der Waals surface area (Å²) in [5, 5.41) is 9.34. The van der Waals surface area contributed by atoms with Gasteiger partial charge in [-0.15, -0.1) is 0 Å². The number of imidazole rings is 1. The number of urea groups is 1. The number of piperidine rings is 1. The van der Waals surface area contributed by atoms with Crippen molar-refractivity contribution in [3.63, 3.8) is 0 Å². The molecule has 0 bridgehead atoms. The Morgan fingerprint density at radius 1 is 1.26 bits per heavy atom. The van der Waals surface area contributed by atoms with Crippen molar-refractivity contribution in [2.75, 3.05) is 32.9 Å². The summed E-state index contributed by atoms with van der Waals surface area (Å²) in [5.74, 6) is 1.82. The van der Waals surface area contributed by atoms with Gasteiger partial charge in [-0.3, -0.25) is 0 Å². The molecule has 7 nitrogen and oxygen atoms in total. The third-order valence-electron chi connectivity index (χ3n) is 4.98. The summed E-state index contributed by atoms with van der Waals surface area (Å²) in [4.78, 5) is 17.9. The van der Waals surface area contributed by atoms with Crippen LogP contribution in [0.5, 0.6) is 0 Å². The fourth-order valence-corrected chi connectivity index (χ4v) is 3.61. The summed E-state index contributed by atoms with van der Waals surface area (Å²) in [6.07, 6.45) is 5.87. The molecule has 2 amide bonds. The molecule has 1 aromatic rings. The van der Waals surface area contributed by atoms with Gasteiger partial charge in [0.15, 0.2) is 0 Å². The number of rotatable bonds is 4. The highest BCUT2D eigenvalue weighted by Crippen LogP contribution is 2.31. The molecule has 2 aliphatic heterocycles. The van der Waals surface area contributed by atoms with E-state index in [-0.39, 0.29) is 12.6 Å². The minimum absolute atomic E-state index is 0.108. The Morgan fingerprint density at radius 3 is 2.57 bits per heavy atom. The van der Waals surface area contributed by atoms with Gasteiger partial charge in [0.25, 0.3) is 0 Å². The molecule has 3 rings (SSSR count). The van der Waals surface area contributed by atoms with Gasteiger partial charge in [-0.05, 0) is 25.7 Å². The van der Waals surface area contributed by atoms with Crippen molar-refractivity contribution >= 4 is 6.03 Å². The average molecular weight is 322 g/mol. The number of aromatic nitrogens is 2. The first kappa shape index (κ1) is 16.3. The van der Waals surface area contributed by atoms with E-state index in [4.69, 9.17) is 15.5 Å².